The van der Waals surface area contributed by atoms with Gasteiger partial charge in [-0.05, 0) is 60.5 Å². The molecular weight excluding hydrogens is 564 g/mol. The second-order valence-electron chi connectivity index (χ2n) is 7.20. The first-order valence-electron chi connectivity index (χ1n) is 9.76. The number of sulfonamides is 1. The van der Waals surface area contributed by atoms with Gasteiger partial charge in [-0.1, -0.05) is 22.9 Å². The van der Waals surface area contributed by atoms with E-state index in [9.17, 15) is 36.1 Å². The molecule has 14 heteroatoms. The van der Waals surface area contributed by atoms with Crippen LogP contribution in [-0.4, -0.2) is 31.4 Å². The molecule has 0 aliphatic heterocycles. The third-order valence-corrected chi connectivity index (χ3v) is 7.66. The molecule has 2 aromatic rings. The van der Waals surface area contributed by atoms with Gasteiger partial charge in [0.15, 0.2) is 0 Å². The Labute approximate surface area is 205 Å². The maximum atomic E-state index is 13.7. The van der Waals surface area contributed by atoms with Crippen LogP contribution in [0.25, 0.3) is 0 Å². The van der Waals surface area contributed by atoms with E-state index in [4.69, 9.17) is 4.74 Å². The molecule has 0 heterocycles. The topological polar surface area (TPSA) is 99.0 Å². The first kappa shape index (κ1) is 26.5. The van der Waals surface area contributed by atoms with Crippen LogP contribution >= 0.6 is 15.9 Å². The SMILES string of the molecule is CC1C=C(N(c2ccc(OCF)cc2)S(=O)(=O)c2ccc(OC(F)(F)F)cc2)C([N+](=O)[O-])=CC1Br. The minimum Gasteiger partial charge on any atom is -0.463 e. The van der Waals surface area contributed by atoms with Gasteiger partial charge in [-0.2, -0.15) is 0 Å². The summed E-state index contributed by atoms with van der Waals surface area (Å²) >= 11 is 3.30. The number of allylic oxidation sites excluding steroid dienone is 2. The highest BCUT2D eigenvalue weighted by Crippen LogP contribution is 2.37. The van der Waals surface area contributed by atoms with E-state index in [0.717, 1.165) is 24.3 Å². The molecule has 2 unspecified atom stereocenters. The summed E-state index contributed by atoms with van der Waals surface area (Å²) in [5, 5.41) is 11.8. The van der Waals surface area contributed by atoms with Crippen molar-refractivity contribution >= 4 is 31.6 Å². The number of hydrogen-bond acceptors (Lipinski definition) is 6. The van der Waals surface area contributed by atoms with Gasteiger partial charge in [0.05, 0.1) is 15.5 Å². The van der Waals surface area contributed by atoms with Gasteiger partial charge in [0.25, 0.3) is 15.7 Å². The van der Waals surface area contributed by atoms with Crippen LogP contribution in [-0.2, 0) is 10.0 Å². The molecule has 0 fully saturated rings. The summed E-state index contributed by atoms with van der Waals surface area (Å²) in [6.07, 6.45) is -2.33. The van der Waals surface area contributed by atoms with Gasteiger partial charge in [-0.3, -0.25) is 10.1 Å². The summed E-state index contributed by atoms with van der Waals surface area (Å²) < 4.78 is 86.5. The molecule has 188 valence electrons. The second kappa shape index (κ2) is 10.2. The Hall–Kier alpha value is -3.13. The molecule has 0 amide bonds. The Balaban J connectivity index is 2.15. The third-order valence-electron chi connectivity index (χ3n) is 4.81. The number of anilines is 1. The molecule has 0 saturated carbocycles. The van der Waals surface area contributed by atoms with Crippen LogP contribution in [0.1, 0.15) is 6.92 Å². The van der Waals surface area contributed by atoms with Crippen molar-refractivity contribution in [3.8, 4) is 11.5 Å². The predicted molar refractivity (Wildman–Crippen MR) is 121 cm³/mol. The highest BCUT2D eigenvalue weighted by Gasteiger charge is 2.38. The number of ether oxygens (including phenoxy) is 2. The molecule has 1 aliphatic carbocycles. The molecule has 0 N–H and O–H groups in total. The predicted octanol–water partition coefficient (Wildman–Crippen LogP) is 5.54. The van der Waals surface area contributed by atoms with Gasteiger partial charge in [0.1, 0.15) is 17.2 Å². The molecule has 0 saturated heterocycles. The van der Waals surface area contributed by atoms with E-state index in [1.165, 1.54) is 36.4 Å². The summed E-state index contributed by atoms with van der Waals surface area (Å²) in [5.41, 5.74) is -0.825. The number of nitrogens with zero attached hydrogens (tertiary/aromatic N) is 2. The van der Waals surface area contributed by atoms with Crippen molar-refractivity contribution in [1.82, 2.24) is 0 Å². The van der Waals surface area contributed by atoms with Gasteiger partial charge in [0, 0.05) is 10.9 Å². The first-order valence-corrected chi connectivity index (χ1v) is 12.1. The van der Waals surface area contributed by atoms with Crippen LogP contribution in [0.3, 0.4) is 0 Å². The standard InChI is InChI=1S/C21H17BrF4N2O6S/c1-13-10-19(20(28(29)30)11-18(13)22)27(14-2-4-15(5-3-14)33-12-23)35(31,32)17-8-6-16(7-9-17)34-21(24,25)26/h2-11,13,18H,12H2,1H3. The third kappa shape index (κ3) is 6.11. The van der Waals surface area contributed by atoms with E-state index < -0.39 is 49.3 Å². The molecule has 2 atom stereocenters. The summed E-state index contributed by atoms with van der Waals surface area (Å²) in [5.74, 6) is -0.920. The number of hydrogen-bond donors (Lipinski definition) is 0. The average molecular weight is 581 g/mol. The second-order valence-corrected chi connectivity index (χ2v) is 10.0. The van der Waals surface area contributed by atoms with E-state index in [2.05, 4.69) is 20.7 Å². The molecule has 0 bridgehead atoms. The Morgan fingerprint density at radius 3 is 2.14 bits per heavy atom. The summed E-state index contributed by atoms with van der Waals surface area (Å²) in [4.78, 5) is 10.2. The normalized spacial score (nSPS) is 18.3. The van der Waals surface area contributed by atoms with Crippen molar-refractivity contribution in [3.05, 3.63) is 82.2 Å². The Morgan fingerprint density at radius 1 is 1.06 bits per heavy atom. The Kier molecular flexibility index (Phi) is 7.74. The molecule has 35 heavy (non-hydrogen) atoms. The van der Waals surface area contributed by atoms with Crippen molar-refractivity contribution in [2.24, 2.45) is 5.92 Å². The number of nitro groups is 1. The molecule has 1 aliphatic rings. The van der Waals surface area contributed by atoms with E-state index in [1.807, 2.05) is 0 Å². The quantitative estimate of drug-likeness (QED) is 0.176. The summed E-state index contributed by atoms with van der Waals surface area (Å²) in [6.45, 7) is 0.579. The molecule has 3 rings (SSSR count). The first-order chi connectivity index (χ1) is 16.3. The van der Waals surface area contributed by atoms with E-state index in [0.29, 0.717) is 4.31 Å². The zero-order valence-corrected chi connectivity index (χ0v) is 20.2. The number of halogens is 5. The highest BCUT2D eigenvalue weighted by molar-refractivity contribution is 9.09. The molecule has 0 aromatic heterocycles. The fourth-order valence-electron chi connectivity index (χ4n) is 3.21. The van der Waals surface area contributed by atoms with Gasteiger partial charge in [0.2, 0.25) is 6.86 Å². The molecule has 8 nitrogen and oxygen atoms in total. The maximum Gasteiger partial charge on any atom is 0.573 e. The number of alkyl halides is 5. The van der Waals surface area contributed by atoms with Crippen molar-refractivity contribution in [1.29, 1.82) is 0 Å². The monoisotopic (exact) mass is 580 g/mol. The lowest BCUT2D eigenvalue weighted by Gasteiger charge is -2.29. The van der Waals surface area contributed by atoms with E-state index in [-0.39, 0.29) is 23.1 Å². The Morgan fingerprint density at radius 2 is 1.63 bits per heavy atom. The van der Waals surface area contributed by atoms with Crippen LogP contribution in [0.4, 0.5) is 23.2 Å². The van der Waals surface area contributed by atoms with Crippen molar-refractivity contribution < 1.29 is 40.4 Å². The number of benzene rings is 2. The fourth-order valence-corrected chi connectivity index (χ4v) is 5.11. The van der Waals surface area contributed by atoms with Gasteiger partial charge >= 0.3 is 6.36 Å². The zero-order chi connectivity index (χ0) is 26.0. The minimum atomic E-state index is -4.98. The van der Waals surface area contributed by atoms with Crippen LogP contribution in [0.2, 0.25) is 0 Å². The van der Waals surface area contributed by atoms with E-state index in [1.54, 1.807) is 6.92 Å². The largest absolute Gasteiger partial charge is 0.573 e. The van der Waals surface area contributed by atoms with Crippen LogP contribution in [0.5, 0.6) is 11.5 Å². The number of rotatable bonds is 8. The molecule has 0 radical (unpaired) electrons. The highest BCUT2D eigenvalue weighted by atomic mass is 79.9. The average Bonchev–Trinajstić information content (AvgIpc) is 2.76. The molecule has 0 spiro atoms. The van der Waals surface area contributed by atoms with Crippen molar-refractivity contribution in [2.45, 2.75) is 23.0 Å². The Bertz CT molecular complexity index is 1250. The van der Waals surface area contributed by atoms with Gasteiger partial charge in [-0.15, -0.1) is 13.2 Å². The molecular formula is C21H17BrF4N2O6S. The smallest absolute Gasteiger partial charge is 0.463 e. The minimum absolute atomic E-state index is 0.0500. The summed E-state index contributed by atoms with van der Waals surface area (Å²) in [6, 6.07) is 8.46. The van der Waals surface area contributed by atoms with Gasteiger partial charge < -0.3 is 9.47 Å². The lowest BCUT2D eigenvalue weighted by atomic mass is 9.99. The fraction of sp³-hybridized carbons (Fsp3) is 0.238. The summed E-state index contributed by atoms with van der Waals surface area (Å²) in [7, 11) is -4.59. The maximum absolute atomic E-state index is 13.7. The van der Waals surface area contributed by atoms with Crippen LogP contribution in [0, 0.1) is 16.0 Å². The van der Waals surface area contributed by atoms with Crippen molar-refractivity contribution in [2.75, 3.05) is 11.2 Å². The lowest BCUT2D eigenvalue weighted by Crippen LogP contribution is -2.35. The van der Waals surface area contributed by atoms with Crippen LogP contribution in [0.15, 0.2) is 77.0 Å². The molecule has 2 aromatic carbocycles. The van der Waals surface area contributed by atoms with Gasteiger partial charge in [-0.25, -0.2) is 17.1 Å². The zero-order valence-electron chi connectivity index (χ0n) is 17.8. The van der Waals surface area contributed by atoms with Crippen molar-refractivity contribution in [3.63, 3.8) is 0 Å². The van der Waals surface area contributed by atoms with Crippen LogP contribution < -0.4 is 13.8 Å². The lowest BCUT2D eigenvalue weighted by molar-refractivity contribution is -0.421. The van der Waals surface area contributed by atoms with E-state index >= 15 is 0 Å².